The van der Waals surface area contributed by atoms with Crippen LogP contribution in [0.5, 0.6) is 11.5 Å². The zero-order chi connectivity index (χ0) is 25.4. The summed E-state index contributed by atoms with van der Waals surface area (Å²) >= 11 is 0. The highest BCUT2D eigenvalue weighted by Gasteiger charge is 2.27. The molecular formula is C25H28N6O5. The number of carbonyl (C=O) groups is 1. The number of hydrogen-bond acceptors (Lipinski definition) is 8. The fourth-order valence-corrected chi connectivity index (χ4v) is 4.76. The molecule has 3 aromatic rings. The van der Waals surface area contributed by atoms with E-state index in [9.17, 15) is 14.4 Å². The molecule has 1 atom stereocenters. The number of anilines is 1. The van der Waals surface area contributed by atoms with Crippen LogP contribution in [0.1, 0.15) is 30.1 Å². The summed E-state index contributed by atoms with van der Waals surface area (Å²) in [6.45, 7) is 3.50. The molecule has 188 valence electrons. The van der Waals surface area contributed by atoms with Gasteiger partial charge in [0, 0.05) is 26.2 Å². The van der Waals surface area contributed by atoms with Crippen LogP contribution in [0.15, 0.2) is 27.8 Å². The normalized spacial score (nSPS) is 17.1. The van der Waals surface area contributed by atoms with Crippen molar-refractivity contribution in [2.45, 2.75) is 38.9 Å². The molecule has 2 aliphatic heterocycles. The molecule has 2 N–H and O–H groups in total. The van der Waals surface area contributed by atoms with E-state index in [2.05, 4.69) is 16.8 Å². The predicted octanol–water partition coefficient (Wildman–Crippen LogP) is 0.502. The number of aryl methyl sites for hydroxylation is 1. The molecule has 11 heteroatoms. The number of carbonyl (C=O) groups excluding carboxylic acids is 1. The van der Waals surface area contributed by atoms with Gasteiger partial charge in [-0.1, -0.05) is 12.0 Å². The Bertz CT molecular complexity index is 1520. The first-order valence-electron chi connectivity index (χ1n) is 11.9. The van der Waals surface area contributed by atoms with Crippen LogP contribution in [0.4, 0.5) is 5.95 Å². The second-order valence-corrected chi connectivity index (χ2v) is 8.93. The quantitative estimate of drug-likeness (QED) is 0.403. The van der Waals surface area contributed by atoms with Crippen molar-refractivity contribution in [1.29, 1.82) is 0 Å². The van der Waals surface area contributed by atoms with Crippen molar-refractivity contribution in [2.24, 2.45) is 12.8 Å². The van der Waals surface area contributed by atoms with Gasteiger partial charge in [0.25, 0.3) is 5.56 Å². The topological polar surface area (TPSA) is 127 Å². The van der Waals surface area contributed by atoms with Gasteiger partial charge in [-0.2, -0.15) is 4.98 Å². The monoisotopic (exact) mass is 492 g/mol. The highest BCUT2D eigenvalue weighted by atomic mass is 16.6. The number of nitrogens with two attached hydrogens (primary N) is 1. The van der Waals surface area contributed by atoms with Gasteiger partial charge in [-0.3, -0.25) is 23.3 Å². The van der Waals surface area contributed by atoms with E-state index in [1.807, 2.05) is 4.90 Å². The van der Waals surface area contributed by atoms with E-state index in [1.54, 1.807) is 36.7 Å². The lowest BCUT2D eigenvalue weighted by Gasteiger charge is -2.31. The van der Waals surface area contributed by atoms with Crippen molar-refractivity contribution in [1.82, 2.24) is 18.7 Å². The maximum Gasteiger partial charge on any atom is 0.332 e. The summed E-state index contributed by atoms with van der Waals surface area (Å²) in [6.07, 6.45) is 1.81. The van der Waals surface area contributed by atoms with Gasteiger partial charge in [0.05, 0.1) is 18.7 Å². The largest absolute Gasteiger partial charge is 0.486 e. The third kappa shape index (κ3) is 4.03. The summed E-state index contributed by atoms with van der Waals surface area (Å²) in [4.78, 5) is 46.9. The SMILES string of the molecule is CC#CCn1c(N2CCC[C@H](N)C2)nc2c1c(=O)n(CC(=O)c1cccc3c1OCCO3)c(=O)n2C. The van der Waals surface area contributed by atoms with Crippen LogP contribution in [-0.2, 0) is 20.1 Å². The second-order valence-electron chi connectivity index (χ2n) is 8.93. The first-order valence-corrected chi connectivity index (χ1v) is 11.9. The Balaban J connectivity index is 1.63. The van der Waals surface area contributed by atoms with Crippen LogP contribution < -0.4 is 31.4 Å². The lowest BCUT2D eigenvalue weighted by molar-refractivity contribution is 0.0957. The minimum atomic E-state index is -0.629. The van der Waals surface area contributed by atoms with E-state index < -0.39 is 23.6 Å². The minimum Gasteiger partial charge on any atom is -0.486 e. The zero-order valence-electron chi connectivity index (χ0n) is 20.3. The Morgan fingerprint density at radius 1 is 1.22 bits per heavy atom. The van der Waals surface area contributed by atoms with Crippen LogP contribution in [0, 0.1) is 11.8 Å². The number of aromatic nitrogens is 4. The van der Waals surface area contributed by atoms with Crippen molar-refractivity contribution in [3.05, 3.63) is 44.6 Å². The maximum atomic E-state index is 13.7. The first-order chi connectivity index (χ1) is 17.4. The van der Waals surface area contributed by atoms with Crippen molar-refractivity contribution in [3.8, 4) is 23.3 Å². The molecule has 1 saturated heterocycles. The summed E-state index contributed by atoms with van der Waals surface area (Å²) in [7, 11) is 1.54. The van der Waals surface area contributed by atoms with Crippen molar-refractivity contribution >= 4 is 22.9 Å². The molecule has 5 rings (SSSR count). The van der Waals surface area contributed by atoms with Gasteiger partial charge >= 0.3 is 5.69 Å². The molecule has 0 spiro atoms. The average Bonchev–Trinajstić information content (AvgIpc) is 3.28. The van der Waals surface area contributed by atoms with E-state index in [4.69, 9.17) is 15.2 Å². The molecule has 0 saturated carbocycles. The van der Waals surface area contributed by atoms with Crippen molar-refractivity contribution in [3.63, 3.8) is 0 Å². The van der Waals surface area contributed by atoms with Gasteiger partial charge in [0.2, 0.25) is 5.95 Å². The zero-order valence-corrected chi connectivity index (χ0v) is 20.3. The Hall–Kier alpha value is -4.04. The molecule has 0 aliphatic carbocycles. The molecule has 36 heavy (non-hydrogen) atoms. The van der Waals surface area contributed by atoms with Gasteiger partial charge in [0.15, 0.2) is 28.4 Å². The molecule has 0 radical (unpaired) electrons. The van der Waals surface area contributed by atoms with E-state index in [0.29, 0.717) is 37.2 Å². The van der Waals surface area contributed by atoms with E-state index in [0.717, 1.165) is 24.0 Å². The Morgan fingerprint density at radius 2 is 2.03 bits per heavy atom. The molecule has 1 fully saturated rings. The Labute approximate surface area is 207 Å². The summed E-state index contributed by atoms with van der Waals surface area (Å²) in [5.41, 5.74) is 5.69. The number of para-hydroxylation sites is 1. The molecule has 1 aromatic carbocycles. The number of nitrogens with zero attached hydrogens (tertiary/aromatic N) is 5. The molecule has 4 heterocycles. The summed E-state index contributed by atoms with van der Waals surface area (Å²) in [6, 6.07) is 4.98. The number of ketones is 1. The number of Topliss-reactive ketones (excluding diaryl/α,β-unsaturated/α-hetero) is 1. The molecule has 0 unspecified atom stereocenters. The van der Waals surface area contributed by atoms with Crippen LogP contribution in [-0.4, -0.2) is 56.8 Å². The molecule has 2 aliphatic rings. The number of benzene rings is 1. The van der Waals surface area contributed by atoms with E-state index >= 15 is 0 Å². The number of ether oxygens (including phenoxy) is 2. The van der Waals surface area contributed by atoms with Gasteiger partial charge in [-0.15, -0.1) is 5.92 Å². The smallest absolute Gasteiger partial charge is 0.332 e. The molecule has 2 aromatic heterocycles. The second kappa shape index (κ2) is 9.54. The van der Waals surface area contributed by atoms with Crippen molar-refractivity contribution < 1.29 is 14.3 Å². The summed E-state index contributed by atoms with van der Waals surface area (Å²) in [5.74, 6) is 6.75. The molecule has 0 amide bonds. The first kappa shape index (κ1) is 23.7. The molecular weight excluding hydrogens is 464 g/mol. The molecule has 0 bridgehead atoms. The summed E-state index contributed by atoms with van der Waals surface area (Å²) in [5, 5.41) is 0. The number of hydrogen-bond donors (Lipinski definition) is 1. The highest BCUT2D eigenvalue weighted by molar-refractivity contribution is 5.99. The third-order valence-electron chi connectivity index (χ3n) is 6.54. The number of imidazole rings is 1. The standard InChI is InChI=1S/C25H28N6O5/c1-3-4-11-30-20-22(27-24(30)29-10-6-7-16(26)14-29)28(2)25(34)31(23(20)33)15-18(32)17-8-5-9-19-21(17)36-13-12-35-19/h5,8-9,16H,6-7,10-15,26H2,1-2H3/t16-/m0/s1. The van der Waals surface area contributed by atoms with E-state index in [-0.39, 0.29) is 29.3 Å². The number of fused-ring (bicyclic) bond motifs is 2. The fraction of sp³-hybridized carbons (Fsp3) is 0.440. The van der Waals surface area contributed by atoms with E-state index in [1.165, 1.54) is 4.57 Å². The Kier molecular flexibility index (Phi) is 6.28. The molecule has 11 nitrogen and oxygen atoms in total. The van der Waals surface area contributed by atoms with Gasteiger partial charge < -0.3 is 20.1 Å². The van der Waals surface area contributed by atoms with Gasteiger partial charge in [0.1, 0.15) is 13.2 Å². The maximum absolute atomic E-state index is 13.7. The lowest BCUT2D eigenvalue weighted by atomic mass is 10.1. The van der Waals surface area contributed by atoms with Crippen LogP contribution >= 0.6 is 0 Å². The van der Waals surface area contributed by atoms with Crippen LogP contribution in [0.2, 0.25) is 0 Å². The van der Waals surface area contributed by atoms with Crippen LogP contribution in [0.25, 0.3) is 11.2 Å². The van der Waals surface area contributed by atoms with Crippen molar-refractivity contribution in [2.75, 3.05) is 31.2 Å². The van der Waals surface area contributed by atoms with Gasteiger partial charge in [-0.25, -0.2) is 4.79 Å². The summed E-state index contributed by atoms with van der Waals surface area (Å²) < 4.78 is 15.2. The number of rotatable bonds is 5. The van der Waals surface area contributed by atoms with Gasteiger partial charge in [-0.05, 0) is 31.9 Å². The number of piperidine rings is 1. The fourth-order valence-electron chi connectivity index (χ4n) is 4.76. The Morgan fingerprint density at radius 3 is 2.81 bits per heavy atom. The lowest BCUT2D eigenvalue weighted by Crippen LogP contribution is -2.44. The highest BCUT2D eigenvalue weighted by Crippen LogP contribution is 2.34. The minimum absolute atomic E-state index is 0.00892. The predicted molar refractivity (Wildman–Crippen MR) is 134 cm³/mol. The third-order valence-corrected chi connectivity index (χ3v) is 6.54. The average molecular weight is 493 g/mol. The van der Waals surface area contributed by atoms with Crippen LogP contribution in [0.3, 0.4) is 0 Å².